The number of nitrogens with zero attached hydrogens (tertiary/aromatic N) is 4. The molecule has 2 rings (SSSR count). The second kappa shape index (κ2) is 7.42. The number of likely N-dealkylation sites (N-methyl/N-ethyl adjacent to an activating group) is 1. The first-order chi connectivity index (χ1) is 10.2. The van der Waals surface area contributed by atoms with Crippen LogP contribution in [0.4, 0.5) is 5.69 Å². The number of hydrogen-bond donors (Lipinski definition) is 1. The van der Waals surface area contributed by atoms with E-state index in [9.17, 15) is 4.79 Å². The number of nitrogens with one attached hydrogen (secondary N) is 1. The lowest BCUT2D eigenvalue weighted by Gasteiger charge is -2.27. The second-order valence-electron chi connectivity index (χ2n) is 5.01. The summed E-state index contributed by atoms with van der Waals surface area (Å²) in [5, 5.41) is 6.92. The quantitative estimate of drug-likeness (QED) is 0.834. The van der Waals surface area contributed by atoms with Crippen LogP contribution < -0.4 is 10.2 Å². The van der Waals surface area contributed by atoms with Gasteiger partial charge >= 0.3 is 0 Å². The molecule has 21 heavy (non-hydrogen) atoms. The van der Waals surface area contributed by atoms with Gasteiger partial charge in [0.15, 0.2) is 0 Å². The van der Waals surface area contributed by atoms with Crippen LogP contribution in [0.15, 0.2) is 43.0 Å². The first-order valence-corrected chi connectivity index (χ1v) is 7.04. The predicted octanol–water partition coefficient (Wildman–Crippen LogP) is 1.31. The first kappa shape index (κ1) is 15.0. The van der Waals surface area contributed by atoms with Crippen LogP contribution in [0, 0.1) is 0 Å². The van der Waals surface area contributed by atoms with Gasteiger partial charge in [0, 0.05) is 31.7 Å². The van der Waals surface area contributed by atoms with Gasteiger partial charge in [-0.3, -0.25) is 9.48 Å². The van der Waals surface area contributed by atoms with Crippen LogP contribution in [0.5, 0.6) is 0 Å². The Hall–Kier alpha value is -2.37. The van der Waals surface area contributed by atoms with E-state index in [1.807, 2.05) is 25.2 Å². The van der Waals surface area contributed by atoms with Gasteiger partial charge in [0.2, 0.25) is 5.91 Å². The van der Waals surface area contributed by atoms with Gasteiger partial charge in [-0.2, -0.15) is 5.10 Å². The Balaban J connectivity index is 1.73. The Bertz CT molecular complexity index is 540. The number of carbonyl (C=O) groups is 1. The first-order valence-electron chi connectivity index (χ1n) is 7.04. The van der Waals surface area contributed by atoms with Gasteiger partial charge in [0.05, 0.1) is 6.54 Å². The lowest BCUT2D eigenvalue weighted by Crippen LogP contribution is -2.40. The van der Waals surface area contributed by atoms with Crippen molar-refractivity contribution >= 4 is 11.6 Å². The summed E-state index contributed by atoms with van der Waals surface area (Å²) < 4.78 is 1.65. The molecule has 112 valence electrons. The topological polar surface area (TPSA) is 63.1 Å². The summed E-state index contributed by atoms with van der Waals surface area (Å²) in [7, 11) is 2.03. The largest absolute Gasteiger partial charge is 0.370 e. The molecular weight excluding hydrogens is 266 g/mol. The number of rotatable bonds is 7. The van der Waals surface area contributed by atoms with E-state index in [1.54, 1.807) is 11.0 Å². The minimum absolute atomic E-state index is 0.0267. The lowest BCUT2D eigenvalue weighted by molar-refractivity contribution is -0.121. The van der Waals surface area contributed by atoms with E-state index in [4.69, 9.17) is 0 Å². The van der Waals surface area contributed by atoms with Crippen molar-refractivity contribution in [3.05, 3.63) is 43.0 Å². The van der Waals surface area contributed by atoms with Crippen molar-refractivity contribution < 1.29 is 4.79 Å². The summed E-state index contributed by atoms with van der Waals surface area (Å²) in [6.45, 7) is 3.25. The standard InChI is InChI=1S/C15H21N5O/c1-13(19(2)14-6-4-3-5-7-14)10-17-15(21)8-9-20-12-16-11-18-20/h3-7,11-13H,8-10H2,1-2H3,(H,17,21)/t13-/m1/s1. The molecule has 0 saturated carbocycles. The maximum Gasteiger partial charge on any atom is 0.221 e. The third-order valence-corrected chi connectivity index (χ3v) is 3.45. The molecule has 6 nitrogen and oxygen atoms in total. The van der Waals surface area contributed by atoms with Crippen LogP contribution in [-0.4, -0.2) is 40.3 Å². The molecule has 0 saturated heterocycles. The van der Waals surface area contributed by atoms with E-state index in [1.165, 1.54) is 6.33 Å². The smallest absolute Gasteiger partial charge is 0.221 e. The molecule has 1 N–H and O–H groups in total. The number of carbonyl (C=O) groups excluding carboxylic acids is 1. The number of amides is 1. The molecule has 0 aliphatic rings. The molecule has 1 aromatic heterocycles. The molecule has 1 aromatic carbocycles. The number of aryl methyl sites for hydroxylation is 1. The van der Waals surface area contributed by atoms with Crippen LogP contribution in [0.1, 0.15) is 13.3 Å². The predicted molar refractivity (Wildman–Crippen MR) is 82.0 cm³/mol. The number of benzene rings is 1. The van der Waals surface area contributed by atoms with Crippen molar-refractivity contribution in [1.82, 2.24) is 20.1 Å². The van der Waals surface area contributed by atoms with Crippen LogP contribution in [-0.2, 0) is 11.3 Å². The highest BCUT2D eigenvalue weighted by atomic mass is 16.1. The molecule has 1 heterocycles. The monoisotopic (exact) mass is 287 g/mol. The van der Waals surface area contributed by atoms with Crippen molar-refractivity contribution in [3.63, 3.8) is 0 Å². The van der Waals surface area contributed by atoms with Crippen molar-refractivity contribution in [2.24, 2.45) is 0 Å². The summed E-state index contributed by atoms with van der Waals surface area (Å²) in [6.07, 6.45) is 3.49. The Morgan fingerprint density at radius 3 is 2.81 bits per heavy atom. The summed E-state index contributed by atoms with van der Waals surface area (Å²) >= 11 is 0. The normalized spacial score (nSPS) is 11.9. The zero-order valence-electron chi connectivity index (χ0n) is 12.4. The van der Waals surface area contributed by atoms with Crippen molar-refractivity contribution in [2.75, 3.05) is 18.5 Å². The van der Waals surface area contributed by atoms with Crippen LogP contribution in [0.2, 0.25) is 0 Å². The fourth-order valence-corrected chi connectivity index (χ4v) is 1.97. The van der Waals surface area contributed by atoms with Gasteiger partial charge in [-0.1, -0.05) is 18.2 Å². The number of anilines is 1. The number of para-hydroxylation sites is 1. The highest BCUT2D eigenvalue weighted by Crippen LogP contribution is 2.13. The van der Waals surface area contributed by atoms with Crippen molar-refractivity contribution in [1.29, 1.82) is 0 Å². The van der Waals surface area contributed by atoms with E-state index in [0.717, 1.165) is 5.69 Å². The van der Waals surface area contributed by atoms with Gasteiger partial charge in [-0.05, 0) is 19.1 Å². The second-order valence-corrected chi connectivity index (χ2v) is 5.01. The Labute approximate surface area is 124 Å². The molecular formula is C15H21N5O. The molecule has 0 spiro atoms. The Morgan fingerprint density at radius 2 is 2.14 bits per heavy atom. The fraction of sp³-hybridized carbons (Fsp3) is 0.400. The lowest BCUT2D eigenvalue weighted by atomic mass is 10.2. The van der Waals surface area contributed by atoms with Gasteiger partial charge in [-0.25, -0.2) is 4.98 Å². The molecule has 0 fully saturated rings. The van der Waals surface area contributed by atoms with E-state index in [0.29, 0.717) is 19.5 Å². The Morgan fingerprint density at radius 1 is 1.38 bits per heavy atom. The van der Waals surface area contributed by atoms with Gasteiger partial charge in [0.1, 0.15) is 12.7 Å². The van der Waals surface area contributed by atoms with E-state index >= 15 is 0 Å². The third-order valence-electron chi connectivity index (χ3n) is 3.45. The zero-order valence-corrected chi connectivity index (χ0v) is 12.4. The molecule has 1 amide bonds. The molecule has 6 heteroatoms. The van der Waals surface area contributed by atoms with Crippen LogP contribution in [0.25, 0.3) is 0 Å². The van der Waals surface area contributed by atoms with Crippen LogP contribution >= 0.6 is 0 Å². The van der Waals surface area contributed by atoms with Gasteiger partial charge in [0.25, 0.3) is 0 Å². The summed E-state index contributed by atoms with van der Waals surface area (Å²) in [5.74, 6) is 0.0267. The van der Waals surface area contributed by atoms with E-state index < -0.39 is 0 Å². The van der Waals surface area contributed by atoms with Crippen molar-refractivity contribution in [2.45, 2.75) is 25.9 Å². The van der Waals surface area contributed by atoms with Crippen molar-refractivity contribution in [3.8, 4) is 0 Å². The molecule has 0 bridgehead atoms. The summed E-state index contributed by atoms with van der Waals surface area (Å²) in [5.41, 5.74) is 1.14. The highest BCUT2D eigenvalue weighted by Gasteiger charge is 2.11. The zero-order chi connectivity index (χ0) is 15.1. The number of aromatic nitrogens is 3. The number of hydrogen-bond acceptors (Lipinski definition) is 4. The van der Waals surface area contributed by atoms with Crippen LogP contribution in [0.3, 0.4) is 0 Å². The maximum atomic E-state index is 11.8. The molecule has 0 aliphatic carbocycles. The highest BCUT2D eigenvalue weighted by molar-refractivity contribution is 5.75. The van der Waals surface area contributed by atoms with Gasteiger partial charge in [-0.15, -0.1) is 0 Å². The third kappa shape index (κ3) is 4.59. The molecule has 0 unspecified atom stereocenters. The molecule has 0 aliphatic heterocycles. The Kier molecular flexibility index (Phi) is 5.31. The van der Waals surface area contributed by atoms with Gasteiger partial charge < -0.3 is 10.2 Å². The van der Waals surface area contributed by atoms with E-state index in [2.05, 4.69) is 39.4 Å². The minimum atomic E-state index is 0.0267. The molecule has 0 radical (unpaired) electrons. The summed E-state index contributed by atoms with van der Waals surface area (Å²) in [4.78, 5) is 17.8. The summed E-state index contributed by atoms with van der Waals surface area (Å²) in [6, 6.07) is 10.4. The molecule has 1 atom stereocenters. The minimum Gasteiger partial charge on any atom is -0.370 e. The van der Waals surface area contributed by atoms with E-state index in [-0.39, 0.29) is 11.9 Å². The SMILES string of the molecule is C[C@H](CNC(=O)CCn1cncn1)N(C)c1ccccc1. The fourth-order valence-electron chi connectivity index (χ4n) is 1.97. The average Bonchev–Trinajstić information content (AvgIpc) is 3.04. The molecule has 2 aromatic rings. The average molecular weight is 287 g/mol. The maximum absolute atomic E-state index is 11.8.